The SMILES string of the molecule is COc1ccc(C=CC(=O)Nc2nnc(SCc3ccccc3)s2)cc1. The van der Waals surface area contributed by atoms with Crippen LogP contribution >= 0.6 is 23.1 Å². The van der Waals surface area contributed by atoms with Crippen molar-refractivity contribution in [1.82, 2.24) is 10.2 Å². The molecular formula is C19H17N3O2S2. The molecule has 1 amide bonds. The van der Waals surface area contributed by atoms with Crippen molar-refractivity contribution in [2.45, 2.75) is 10.1 Å². The highest BCUT2D eigenvalue weighted by molar-refractivity contribution is 8.00. The number of aromatic nitrogens is 2. The number of carbonyl (C=O) groups is 1. The number of carbonyl (C=O) groups excluding carboxylic acids is 1. The Hall–Kier alpha value is -2.64. The van der Waals surface area contributed by atoms with E-state index in [0.29, 0.717) is 5.13 Å². The number of ether oxygens (including phenoxy) is 1. The molecule has 0 radical (unpaired) electrons. The lowest BCUT2D eigenvalue weighted by atomic mass is 10.2. The van der Waals surface area contributed by atoms with E-state index < -0.39 is 0 Å². The van der Waals surface area contributed by atoms with E-state index in [4.69, 9.17) is 4.74 Å². The van der Waals surface area contributed by atoms with Gasteiger partial charge in [0, 0.05) is 11.8 Å². The predicted molar refractivity (Wildman–Crippen MR) is 107 cm³/mol. The normalized spacial score (nSPS) is 10.8. The summed E-state index contributed by atoms with van der Waals surface area (Å²) in [5.74, 6) is 1.36. The second-order valence-electron chi connectivity index (χ2n) is 5.24. The van der Waals surface area contributed by atoms with E-state index in [1.807, 2.05) is 42.5 Å². The molecule has 0 fully saturated rings. The van der Waals surface area contributed by atoms with Crippen molar-refractivity contribution >= 4 is 40.2 Å². The summed E-state index contributed by atoms with van der Waals surface area (Å²) in [6.45, 7) is 0. The van der Waals surface area contributed by atoms with Crippen LogP contribution in [0.15, 0.2) is 65.0 Å². The van der Waals surface area contributed by atoms with Crippen LogP contribution in [-0.2, 0) is 10.5 Å². The van der Waals surface area contributed by atoms with Crippen molar-refractivity contribution in [2.75, 3.05) is 12.4 Å². The average Bonchev–Trinajstić information content (AvgIpc) is 3.13. The first kappa shape index (κ1) is 18.2. The third-order valence-corrected chi connectivity index (χ3v) is 5.43. The first-order chi connectivity index (χ1) is 12.7. The summed E-state index contributed by atoms with van der Waals surface area (Å²) >= 11 is 2.96. The van der Waals surface area contributed by atoms with Crippen LogP contribution in [0.5, 0.6) is 5.75 Å². The largest absolute Gasteiger partial charge is 0.497 e. The topological polar surface area (TPSA) is 64.1 Å². The van der Waals surface area contributed by atoms with Gasteiger partial charge in [0.2, 0.25) is 11.0 Å². The lowest BCUT2D eigenvalue weighted by Gasteiger charge is -1.99. The smallest absolute Gasteiger partial charge is 0.250 e. The molecule has 0 unspecified atom stereocenters. The molecule has 3 aromatic rings. The molecule has 7 heteroatoms. The van der Waals surface area contributed by atoms with E-state index in [0.717, 1.165) is 21.4 Å². The van der Waals surface area contributed by atoms with Gasteiger partial charge in [0.15, 0.2) is 4.34 Å². The average molecular weight is 383 g/mol. The molecule has 0 bridgehead atoms. The number of thioether (sulfide) groups is 1. The molecule has 26 heavy (non-hydrogen) atoms. The van der Waals surface area contributed by atoms with Gasteiger partial charge in [-0.15, -0.1) is 10.2 Å². The molecule has 0 saturated carbocycles. The van der Waals surface area contributed by atoms with Gasteiger partial charge in [-0.05, 0) is 29.3 Å². The van der Waals surface area contributed by atoms with E-state index in [1.54, 1.807) is 24.9 Å². The summed E-state index contributed by atoms with van der Waals surface area (Å²) < 4.78 is 5.93. The number of anilines is 1. The highest BCUT2D eigenvalue weighted by atomic mass is 32.2. The van der Waals surface area contributed by atoms with E-state index in [9.17, 15) is 4.79 Å². The maximum Gasteiger partial charge on any atom is 0.250 e. The highest BCUT2D eigenvalue weighted by Crippen LogP contribution is 2.28. The van der Waals surface area contributed by atoms with Crippen LogP contribution in [0.2, 0.25) is 0 Å². The zero-order valence-corrected chi connectivity index (χ0v) is 15.7. The minimum absolute atomic E-state index is 0.239. The fourth-order valence-corrected chi connectivity index (χ4v) is 3.78. The fraction of sp³-hybridized carbons (Fsp3) is 0.105. The van der Waals surface area contributed by atoms with E-state index in [-0.39, 0.29) is 5.91 Å². The Labute approximate surface area is 160 Å². The number of hydrogen-bond donors (Lipinski definition) is 1. The third-order valence-electron chi connectivity index (χ3n) is 3.38. The molecule has 0 saturated heterocycles. The van der Waals surface area contributed by atoms with E-state index >= 15 is 0 Å². The maximum absolute atomic E-state index is 12.0. The van der Waals surface area contributed by atoms with E-state index in [1.165, 1.54) is 23.0 Å². The van der Waals surface area contributed by atoms with E-state index in [2.05, 4.69) is 27.6 Å². The first-order valence-corrected chi connectivity index (χ1v) is 9.66. The summed E-state index contributed by atoms with van der Waals surface area (Å²) in [5.41, 5.74) is 2.14. The Morgan fingerprint density at radius 2 is 1.92 bits per heavy atom. The van der Waals surface area contributed by atoms with Crippen LogP contribution < -0.4 is 10.1 Å². The number of nitrogens with one attached hydrogen (secondary N) is 1. The summed E-state index contributed by atoms with van der Waals surface area (Å²) in [6, 6.07) is 17.6. The van der Waals surface area contributed by atoms with Gasteiger partial charge < -0.3 is 4.74 Å². The van der Waals surface area contributed by atoms with Crippen LogP contribution in [0.1, 0.15) is 11.1 Å². The summed E-state index contributed by atoms with van der Waals surface area (Å²) in [6.07, 6.45) is 3.21. The van der Waals surface area contributed by atoms with Gasteiger partial charge in [0.1, 0.15) is 5.75 Å². The zero-order chi connectivity index (χ0) is 18.2. The van der Waals surface area contributed by atoms with Gasteiger partial charge in [-0.2, -0.15) is 0 Å². The number of nitrogens with zero attached hydrogens (tertiary/aromatic N) is 2. The van der Waals surface area contributed by atoms with Gasteiger partial charge in [-0.25, -0.2) is 0 Å². The third kappa shape index (κ3) is 5.44. The molecule has 0 aliphatic rings. The first-order valence-electron chi connectivity index (χ1n) is 7.86. The molecule has 1 aromatic heterocycles. The molecule has 3 rings (SSSR count). The molecule has 0 aliphatic carbocycles. The van der Waals surface area contributed by atoms with Crippen LogP contribution in [0.3, 0.4) is 0 Å². The molecular weight excluding hydrogens is 366 g/mol. The second-order valence-corrected chi connectivity index (χ2v) is 7.44. The number of amides is 1. The number of benzene rings is 2. The number of rotatable bonds is 7. The molecule has 0 aliphatic heterocycles. The summed E-state index contributed by atoms with van der Waals surface area (Å²) in [5, 5.41) is 11.3. The Kier molecular flexibility index (Phi) is 6.40. The van der Waals surface area contributed by atoms with Gasteiger partial charge in [-0.1, -0.05) is 65.6 Å². The van der Waals surface area contributed by atoms with Crippen molar-refractivity contribution in [1.29, 1.82) is 0 Å². The minimum Gasteiger partial charge on any atom is -0.497 e. The Morgan fingerprint density at radius 3 is 2.65 bits per heavy atom. The zero-order valence-electron chi connectivity index (χ0n) is 14.1. The van der Waals surface area contributed by atoms with Crippen LogP contribution in [0.25, 0.3) is 6.08 Å². The molecule has 2 aromatic carbocycles. The van der Waals surface area contributed by atoms with Gasteiger partial charge in [0.25, 0.3) is 0 Å². The Balaban J connectivity index is 1.51. The minimum atomic E-state index is -0.239. The standard InChI is InChI=1S/C19H17N3O2S2/c1-24-16-10-7-14(8-11-16)9-12-17(23)20-18-21-22-19(26-18)25-13-15-5-3-2-4-6-15/h2-12H,13H2,1H3,(H,20,21,23). The maximum atomic E-state index is 12.0. The van der Waals surface area contributed by atoms with Crippen molar-refractivity contribution in [2.24, 2.45) is 0 Å². The van der Waals surface area contributed by atoms with Crippen molar-refractivity contribution in [3.05, 3.63) is 71.8 Å². The number of hydrogen-bond acceptors (Lipinski definition) is 6. The summed E-state index contributed by atoms with van der Waals surface area (Å²) in [7, 11) is 1.62. The molecule has 132 valence electrons. The highest BCUT2D eigenvalue weighted by Gasteiger charge is 2.07. The van der Waals surface area contributed by atoms with Crippen LogP contribution in [0.4, 0.5) is 5.13 Å². The monoisotopic (exact) mass is 383 g/mol. The van der Waals surface area contributed by atoms with Crippen molar-refractivity contribution < 1.29 is 9.53 Å². The molecule has 5 nitrogen and oxygen atoms in total. The lowest BCUT2D eigenvalue weighted by molar-refractivity contribution is -0.111. The van der Waals surface area contributed by atoms with Crippen LogP contribution in [0, 0.1) is 0 Å². The van der Waals surface area contributed by atoms with Crippen molar-refractivity contribution in [3.8, 4) is 5.75 Å². The molecule has 1 heterocycles. The number of methoxy groups -OCH3 is 1. The quantitative estimate of drug-likeness (QED) is 0.370. The summed E-state index contributed by atoms with van der Waals surface area (Å²) in [4.78, 5) is 12.0. The molecule has 0 atom stereocenters. The van der Waals surface area contributed by atoms with Gasteiger partial charge >= 0.3 is 0 Å². The lowest BCUT2D eigenvalue weighted by Crippen LogP contribution is -2.07. The Bertz CT molecular complexity index is 877. The fourth-order valence-electron chi connectivity index (χ4n) is 2.07. The molecule has 0 spiro atoms. The Morgan fingerprint density at radius 1 is 1.15 bits per heavy atom. The second kappa shape index (κ2) is 9.17. The van der Waals surface area contributed by atoms with Crippen molar-refractivity contribution in [3.63, 3.8) is 0 Å². The van der Waals surface area contributed by atoms with Crippen LogP contribution in [-0.4, -0.2) is 23.2 Å². The molecule has 1 N–H and O–H groups in total. The van der Waals surface area contributed by atoms with Gasteiger partial charge in [0.05, 0.1) is 7.11 Å². The van der Waals surface area contributed by atoms with Gasteiger partial charge in [-0.3, -0.25) is 10.1 Å². The predicted octanol–water partition coefficient (Wildman–Crippen LogP) is 4.49.